The zero-order chi connectivity index (χ0) is 30.5. The summed E-state index contributed by atoms with van der Waals surface area (Å²) < 4.78 is 30.5. The molecule has 0 spiro atoms. The lowest BCUT2D eigenvalue weighted by Crippen LogP contribution is -2.14. The van der Waals surface area contributed by atoms with Crippen molar-refractivity contribution in [1.29, 1.82) is 0 Å². The molecule has 41 heavy (non-hydrogen) atoms. The van der Waals surface area contributed by atoms with Crippen molar-refractivity contribution in [3.05, 3.63) is 47.5 Å². The van der Waals surface area contributed by atoms with Gasteiger partial charge in [0.05, 0.1) is 33.0 Å². The van der Waals surface area contributed by atoms with E-state index in [9.17, 15) is 4.79 Å². The average Bonchev–Trinajstić information content (AvgIpc) is 2.90. The van der Waals surface area contributed by atoms with Crippen LogP contribution in [-0.4, -0.2) is 38.8 Å². The van der Waals surface area contributed by atoms with Crippen molar-refractivity contribution < 1.29 is 28.5 Å². The Morgan fingerprint density at radius 1 is 0.585 bits per heavy atom. The van der Waals surface area contributed by atoms with Crippen molar-refractivity contribution in [2.45, 2.75) is 69.2 Å². The normalized spacial score (nSPS) is 11.8. The number of ketones is 1. The van der Waals surface area contributed by atoms with E-state index in [-0.39, 0.29) is 11.7 Å². The first-order chi connectivity index (χ1) is 19.4. The predicted molar refractivity (Wildman–Crippen MR) is 168 cm³/mol. The van der Waals surface area contributed by atoms with Crippen molar-refractivity contribution in [3.63, 3.8) is 0 Å². The topological polar surface area (TPSA) is 63.2 Å². The minimum absolute atomic E-state index is 0.235. The number of hydrogen-bond donors (Lipinski definition) is 0. The lowest BCUT2D eigenvalue weighted by molar-refractivity contribution is 0.103. The Kier molecular flexibility index (Phi) is 14.1. The second-order valence-corrected chi connectivity index (χ2v) is 12.7. The van der Waals surface area contributed by atoms with Gasteiger partial charge in [-0.25, -0.2) is 0 Å². The summed E-state index contributed by atoms with van der Waals surface area (Å²) in [5.41, 5.74) is 1.13. The second kappa shape index (κ2) is 17.0. The van der Waals surface area contributed by atoms with Gasteiger partial charge < -0.3 is 23.7 Å². The molecule has 0 heterocycles. The Morgan fingerprint density at radius 2 is 1.02 bits per heavy atom. The highest BCUT2D eigenvalue weighted by molar-refractivity contribution is 6.11. The molecule has 0 aromatic heterocycles. The second-order valence-electron chi connectivity index (χ2n) is 12.7. The molecule has 6 nitrogen and oxygen atoms in total. The average molecular weight is 569 g/mol. The maximum absolute atomic E-state index is 13.9. The van der Waals surface area contributed by atoms with Crippen LogP contribution in [0.4, 0.5) is 0 Å². The fraction of sp³-hybridized carbons (Fsp3) is 0.571. The molecule has 0 saturated heterocycles. The quantitative estimate of drug-likeness (QED) is 0.132. The van der Waals surface area contributed by atoms with Crippen LogP contribution in [0.2, 0.25) is 0 Å². The Hall–Kier alpha value is -3.15. The van der Waals surface area contributed by atoms with E-state index in [4.69, 9.17) is 23.7 Å². The van der Waals surface area contributed by atoms with E-state index in [2.05, 4.69) is 69.2 Å². The zero-order valence-electron chi connectivity index (χ0n) is 26.9. The highest BCUT2D eigenvalue weighted by Crippen LogP contribution is 2.39. The molecule has 0 fully saturated rings. The van der Waals surface area contributed by atoms with Gasteiger partial charge >= 0.3 is 0 Å². The van der Waals surface area contributed by atoms with E-state index in [1.54, 1.807) is 18.2 Å². The van der Waals surface area contributed by atoms with E-state index >= 15 is 0 Å². The van der Waals surface area contributed by atoms with Gasteiger partial charge in [-0.2, -0.15) is 0 Å². The third-order valence-electron chi connectivity index (χ3n) is 5.59. The van der Waals surface area contributed by atoms with Crippen LogP contribution >= 0.6 is 0 Å². The van der Waals surface area contributed by atoms with Crippen LogP contribution in [-0.2, 0) is 0 Å². The Balaban J connectivity index is 2.56. The molecule has 0 aliphatic rings. The molecule has 228 valence electrons. The smallest absolute Gasteiger partial charge is 0.193 e. The van der Waals surface area contributed by atoms with Crippen molar-refractivity contribution in [2.75, 3.05) is 33.0 Å². The molecule has 0 saturated carbocycles. The van der Waals surface area contributed by atoms with E-state index in [1.165, 1.54) is 0 Å². The van der Waals surface area contributed by atoms with E-state index < -0.39 is 0 Å². The molecular weight excluding hydrogens is 516 g/mol. The predicted octanol–water partition coefficient (Wildman–Crippen LogP) is 8.76. The van der Waals surface area contributed by atoms with E-state index in [0.29, 0.717) is 85.3 Å². The van der Waals surface area contributed by atoms with Crippen LogP contribution in [0.5, 0.6) is 28.7 Å². The van der Waals surface area contributed by atoms with E-state index in [1.807, 2.05) is 24.3 Å². The highest BCUT2D eigenvalue weighted by Gasteiger charge is 2.23. The fourth-order valence-corrected chi connectivity index (χ4v) is 3.57. The number of carbonyl (C=O) groups excluding carboxylic acids is 1. The Morgan fingerprint density at radius 3 is 1.59 bits per heavy atom. The van der Waals surface area contributed by atoms with Crippen LogP contribution in [0.15, 0.2) is 36.4 Å². The van der Waals surface area contributed by atoms with Crippen molar-refractivity contribution in [3.8, 4) is 28.7 Å². The molecule has 0 atom stereocenters. The fourth-order valence-electron chi connectivity index (χ4n) is 3.57. The molecule has 0 bridgehead atoms. The number of carbonyl (C=O) groups is 1. The number of hydrogen-bond acceptors (Lipinski definition) is 6. The zero-order valence-corrected chi connectivity index (χ0v) is 26.9. The van der Waals surface area contributed by atoms with Crippen molar-refractivity contribution >= 4 is 11.9 Å². The number of rotatable bonds is 18. The summed E-state index contributed by atoms with van der Waals surface area (Å²) in [6.45, 7) is 23.5. The first kappa shape index (κ1) is 34.1. The van der Waals surface area contributed by atoms with Gasteiger partial charge in [0, 0.05) is 5.56 Å². The number of allylic oxidation sites excluding steroid dienone is 1. The lowest BCUT2D eigenvalue weighted by atomic mass is 10.0. The Bertz CT molecular complexity index is 1110. The van der Waals surface area contributed by atoms with Crippen LogP contribution in [0.1, 0.15) is 85.2 Å². The van der Waals surface area contributed by atoms with Gasteiger partial charge in [0.25, 0.3) is 0 Å². The van der Waals surface area contributed by atoms with Crippen LogP contribution in [0.25, 0.3) is 6.08 Å². The van der Waals surface area contributed by atoms with Gasteiger partial charge in [-0.15, -0.1) is 0 Å². The SMILES string of the molecule is CC(C)COc1ccc(OCC(C)C)c(/C=C/C(=O)c2c(OCC(C)C)ccc(OCC(C)C)c2OCC(C)C)c1. The lowest BCUT2D eigenvalue weighted by Gasteiger charge is -2.20. The van der Waals surface area contributed by atoms with Gasteiger partial charge in [-0.05, 0) is 72.1 Å². The number of benzene rings is 2. The van der Waals surface area contributed by atoms with Gasteiger partial charge in [0.2, 0.25) is 0 Å². The van der Waals surface area contributed by atoms with Crippen LogP contribution in [0, 0.1) is 29.6 Å². The molecule has 0 aliphatic heterocycles. The molecule has 0 radical (unpaired) electrons. The molecule has 0 N–H and O–H groups in total. The molecular formula is C35H52O6. The summed E-state index contributed by atoms with van der Waals surface area (Å²) in [6, 6.07) is 9.36. The molecule has 0 unspecified atom stereocenters. The molecule has 2 aromatic carbocycles. The van der Waals surface area contributed by atoms with Crippen molar-refractivity contribution in [1.82, 2.24) is 0 Å². The van der Waals surface area contributed by atoms with Crippen LogP contribution in [0.3, 0.4) is 0 Å². The van der Waals surface area contributed by atoms with E-state index in [0.717, 1.165) is 11.3 Å². The summed E-state index contributed by atoms with van der Waals surface area (Å²) in [6.07, 6.45) is 3.33. The standard InChI is InChI=1S/C35H52O6/c1-23(2)18-37-29-12-14-31(38-19-24(3)4)28(17-29)11-13-30(36)34-32(39-20-25(5)6)15-16-33(40-21-26(7)8)35(34)41-22-27(9)10/h11-17,23-27H,18-22H2,1-10H3/b13-11+. The minimum atomic E-state index is -0.235. The first-order valence-electron chi connectivity index (χ1n) is 15.0. The van der Waals surface area contributed by atoms with Gasteiger partial charge in [-0.3, -0.25) is 4.79 Å². The summed E-state index contributed by atoms with van der Waals surface area (Å²) >= 11 is 0. The summed E-state index contributed by atoms with van der Waals surface area (Å²) in [4.78, 5) is 13.9. The minimum Gasteiger partial charge on any atom is -0.493 e. The highest BCUT2D eigenvalue weighted by atomic mass is 16.5. The first-order valence-corrected chi connectivity index (χ1v) is 15.0. The third kappa shape index (κ3) is 12.1. The van der Waals surface area contributed by atoms with Gasteiger partial charge in [0.15, 0.2) is 17.3 Å². The molecule has 2 rings (SSSR count). The number of ether oxygens (including phenoxy) is 5. The Labute approximate surface area is 248 Å². The molecule has 0 aliphatic carbocycles. The summed E-state index contributed by atoms with van der Waals surface area (Å²) in [5.74, 6) is 4.26. The third-order valence-corrected chi connectivity index (χ3v) is 5.59. The monoisotopic (exact) mass is 568 g/mol. The summed E-state index contributed by atoms with van der Waals surface area (Å²) in [5, 5.41) is 0. The van der Waals surface area contributed by atoms with Gasteiger partial charge in [-0.1, -0.05) is 69.2 Å². The maximum atomic E-state index is 13.9. The summed E-state index contributed by atoms with van der Waals surface area (Å²) in [7, 11) is 0. The molecule has 2 aromatic rings. The van der Waals surface area contributed by atoms with Crippen LogP contribution < -0.4 is 23.7 Å². The maximum Gasteiger partial charge on any atom is 0.193 e. The molecule has 6 heteroatoms. The molecule has 0 amide bonds. The van der Waals surface area contributed by atoms with Crippen molar-refractivity contribution in [2.24, 2.45) is 29.6 Å². The largest absolute Gasteiger partial charge is 0.493 e. The van der Waals surface area contributed by atoms with Gasteiger partial charge in [0.1, 0.15) is 22.8 Å².